The van der Waals surface area contributed by atoms with E-state index < -0.39 is 0 Å². The molecule has 2 aliphatic heterocycles. The van der Waals surface area contributed by atoms with Crippen LogP contribution in [0.2, 0.25) is 0 Å². The first kappa shape index (κ1) is 11.2. The molecule has 94 valence electrons. The van der Waals surface area contributed by atoms with Crippen molar-refractivity contribution in [3.05, 3.63) is 11.6 Å². The van der Waals surface area contributed by atoms with Gasteiger partial charge in [0, 0.05) is 18.9 Å². The predicted molar refractivity (Wildman–Crippen MR) is 65.7 cm³/mol. The highest BCUT2D eigenvalue weighted by Gasteiger charge is 2.30. The number of hydrogen-bond donors (Lipinski definition) is 1. The predicted octanol–water partition coefficient (Wildman–Crippen LogP) is 0.881. The maximum absolute atomic E-state index is 6.20. The van der Waals surface area contributed by atoms with E-state index in [0.29, 0.717) is 5.92 Å². The summed E-state index contributed by atoms with van der Waals surface area (Å²) in [6, 6.07) is 0. The molecule has 1 aromatic heterocycles. The van der Waals surface area contributed by atoms with Gasteiger partial charge in [-0.2, -0.15) is 0 Å². The molecule has 5 heteroatoms. The van der Waals surface area contributed by atoms with E-state index in [1.807, 2.05) is 0 Å². The lowest BCUT2D eigenvalue weighted by Gasteiger charge is -2.24. The van der Waals surface area contributed by atoms with Gasteiger partial charge >= 0.3 is 0 Å². The number of aromatic nitrogens is 3. The molecule has 2 N–H and O–H groups in total. The largest absolute Gasteiger partial charge is 0.311 e. The second-order valence-electron chi connectivity index (χ2n) is 5.18. The SMILES string of the molecule is CCN1CCC(c2nnc3n2C(N)CCC3)C1. The highest BCUT2D eigenvalue weighted by Crippen LogP contribution is 2.30. The highest BCUT2D eigenvalue weighted by molar-refractivity contribution is 5.08. The van der Waals surface area contributed by atoms with Crippen LogP contribution >= 0.6 is 0 Å². The lowest BCUT2D eigenvalue weighted by Crippen LogP contribution is -2.28. The van der Waals surface area contributed by atoms with Crippen LogP contribution in [-0.2, 0) is 6.42 Å². The second kappa shape index (κ2) is 4.38. The molecule has 0 spiro atoms. The van der Waals surface area contributed by atoms with Crippen molar-refractivity contribution < 1.29 is 0 Å². The molecule has 0 bridgehead atoms. The quantitative estimate of drug-likeness (QED) is 0.826. The summed E-state index contributed by atoms with van der Waals surface area (Å²) in [5, 5.41) is 8.72. The molecular weight excluding hydrogens is 214 g/mol. The Balaban J connectivity index is 1.86. The van der Waals surface area contributed by atoms with E-state index in [1.54, 1.807) is 0 Å². The first-order chi connectivity index (χ1) is 8.29. The molecule has 17 heavy (non-hydrogen) atoms. The molecule has 1 saturated heterocycles. The number of nitrogens with zero attached hydrogens (tertiary/aromatic N) is 4. The molecule has 0 amide bonds. The Hall–Kier alpha value is -0.940. The Kier molecular flexibility index (Phi) is 2.88. The summed E-state index contributed by atoms with van der Waals surface area (Å²) in [6.45, 7) is 5.64. The van der Waals surface area contributed by atoms with Gasteiger partial charge in [-0.05, 0) is 32.4 Å². The molecule has 5 nitrogen and oxygen atoms in total. The van der Waals surface area contributed by atoms with Crippen LogP contribution in [0, 0.1) is 0 Å². The standard InChI is InChI=1S/C12H21N5/c1-2-16-7-6-9(8-16)12-15-14-11-5-3-4-10(13)17(11)12/h9-10H,2-8,13H2,1H3. The number of likely N-dealkylation sites (N-methyl/N-ethyl adjacent to an activating group) is 1. The smallest absolute Gasteiger partial charge is 0.138 e. The zero-order chi connectivity index (χ0) is 11.8. The average Bonchev–Trinajstić information content (AvgIpc) is 2.94. The van der Waals surface area contributed by atoms with Crippen LogP contribution in [-0.4, -0.2) is 39.3 Å². The van der Waals surface area contributed by atoms with Crippen molar-refractivity contribution in [1.29, 1.82) is 0 Å². The third kappa shape index (κ3) is 1.87. The molecule has 2 unspecified atom stereocenters. The average molecular weight is 235 g/mol. The van der Waals surface area contributed by atoms with E-state index in [9.17, 15) is 0 Å². The number of likely N-dealkylation sites (tertiary alicyclic amines) is 1. The number of aryl methyl sites for hydroxylation is 1. The van der Waals surface area contributed by atoms with Crippen molar-refractivity contribution in [3.8, 4) is 0 Å². The minimum absolute atomic E-state index is 0.0967. The van der Waals surface area contributed by atoms with Crippen molar-refractivity contribution in [2.24, 2.45) is 5.73 Å². The van der Waals surface area contributed by atoms with Crippen LogP contribution in [0.4, 0.5) is 0 Å². The fraction of sp³-hybridized carbons (Fsp3) is 0.833. The normalized spacial score (nSPS) is 29.5. The summed E-state index contributed by atoms with van der Waals surface area (Å²) in [7, 11) is 0. The molecule has 0 saturated carbocycles. The van der Waals surface area contributed by atoms with Crippen LogP contribution in [0.3, 0.4) is 0 Å². The second-order valence-corrected chi connectivity index (χ2v) is 5.18. The Morgan fingerprint density at radius 1 is 1.35 bits per heavy atom. The van der Waals surface area contributed by atoms with Gasteiger partial charge in [-0.15, -0.1) is 10.2 Å². The minimum atomic E-state index is 0.0967. The summed E-state index contributed by atoms with van der Waals surface area (Å²) < 4.78 is 2.20. The van der Waals surface area contributed by atoms with E-state index in [-0.39, 0.29) is 6.17 Å². The Bertz CT molecular complexity index is 400. The first-order valence-electron chi connectivity index (χ1n) is 6.71. The van der Waals surface area contributed by atoms with Crippen molar-refractivity contribution in [1.82, 2.24) is 19.7 Å². The van der Waals surface area contributed by atoms with Crippen LogP contribution < -0.4 is 5.73 Å². The van der Waals surface area contributed by atoms with Crippen LogP contribution in [0.1, 0.15) is 49.9 Å². The highest BCUT2D eigenvalue weighted by atomic mass is 15.3. The summed E-state index contributed by atoms with van der Waals surface area (Å²) >= 11 is 0. The van der Waals surface area contributed by atoms with Gasteiger partial charge in [0.2, 0.25) is 0 Å². The number of rotatable bonds is 2. The molecule has 2 aliphatic rings. The van der Waals surface area contributed by atoms with Gasteiger partial charge in [0.1, 0.15) is 11.6 Å². The van der Waals surface area contributed by atoms with Gasteiger partial charge in [0.15, 0.2) is 0 Å². The van der Waals surface area contributed by atoms with Crippen LogP contribution in [0.5, 0.6) is 0 Å². The van der Waals surface area contributed by atoms with Crippen molar-refractivity contribution in [2.45, 2.75) is 44.7 Å². The summed E-state index contributed by atoms with van der Waals surface area (Å²) in [5.41, 5.74) is 6.20. The number of nitrogens with two attached hydrogens (primary N) is 1. The van der Waals surface area contributed by atoms with E-state index >= 15 is 0 Å². The number of hydrogen-bond acceptors (Lipinski definition) is 4. The van der Waals surface area contributed by atoms with Gasteiger partial charge in [0.25, 0.3) is 0 Å². The van der Waals surface area contributed by atoms with Crippen LogP contribution in [0.25, 0.3) is 0 Å². The Labute approximate surface area is 102 Å². The Morgan fingerprint density at radius 3 is 3.00 bits per heavy atom. The summed E-state index contributed by atoms with van der Waals surface area (Å²) in [6.07, 6.45) is 4.52. The summed E-state index contributed by atoms with van der Waals surface area (Å²) in [4.78, 5) is 2.47. The monoisotopic (exact) mass is 235 g/mol. The van der Waals surface area contributed by atoms with Gasteiger partial charge in [-0.25, -0.2) is 0 Å². The summed E-state index contributed by atoms with van der Waals surface area (Å²) in [5.74, 6) is 2.75. The molecule has 1 aromatic rings. The van der Waals surface area contributed by atoms with Crippen molar-refractivity contribution in [3.63, 3.8) is 0 Å². The maximum atomic E-state index is 6.20. The zero-order valence-corrected chi connectivity index (χ0v) is 10.5. The van der Waals surface area contributed by atoms with Gasteiger partial charge in [0.05, 0.1) is 6.17 Å². The zero-order valence-electron chi connectivity index (χ0n) is 10.5. The number of fused-ring (bicyclic) bond motifs is 1. The third-order valence-corrected chi connectivity index (χ3v) is 4.11. The Morgan fingerprint density at radius 2 is 2.24 bits per heavy atom. The molecule has 3 rings (SSSR count). The van der Waals surface area contributed by atoms with Gasteiger partial charge < -0.3 is 10.6 Å². The lowest BCUT2D eigenvalue weighted by atomic mass is 10.1. The van der Waals surface area contributed by atoms with Gasteiger partial charge in [-0.1, -0.05) is 6.92 Å². The van der Waals surface area contributed by atoms with Gasteiger partial charge in [-0.3, -0.25) is 4.57 Å². The molecule has 0 aromatic carbocycles. The molecular formula is C12H21N5. The minimum Gasteiger partial charge on any atom is -0.311 e. The molecule has 1 fully saturated rings. The molecule has 0 aliphatic carbocycles. The fourth-order valence-electron chi connectivity index (χ4n) is 3.08. The van der Waals surface area contributed by atoms with E-state index in [1.165, 1.54) is 13.0 Å². The van der Waals surface area contributed by atoms with E-state index in [2.05, 4.69) is 26.6 Å². The molecule has 0 radical (unpaired) electrons. The maximum Gasteiger partial charge on any atom is 0.138 e. The first-order valence-corrected chi connectivity index (χ1v) is 6.71. The van der Waals surface area contributed by atoms with E-state index in [4.69, 9.17) is 5.73 Å². The fourth-order valence-corrected chi connectivity index (χ4v) is 3.08. The third-order valence-electron chi connectivity index (χ3n) is 4.11. The molecule has 2 atom stereocenters. The lowest BCUT2D eigenvalue weighted by molar-refractivity contribution is 0.345. The van der Waals surface area contributed by atoms with Crippen molar-refractivity contribution in [2.75, 3.05) is 19.6 Å². The molecule has 3 heterocycles. The van der Waals surface area contributed by atoms with E-state index in [0.717, 1.165) is 44.0 Å². The topological polar surface area (TPSA) is 60.0 Å². The van der Waals surface area contributed by atoms with Crippen LogP contribution in [0.15, 0.2) is 0 Å². The van der Waals surface area contributed by atoms with Crippen molar-refractivity contribution >= 4 is 0 Å².